The van der Waals surface area contributed by atoms with Crippen molar-refractivity contribution in [3.8, 4) is 5.75 Å². The number of carbonyl (C=O) groups is 1. The topological polar surface area (TPSA) is 113 Å². The summed E-state index contributed by atoms with van der Waals surface area (Å²) in [6, 6.07) is 5.92. The minimum Gasteiger partial charge on any atom is -0.494 e. The molecular weight excluding hydrogens is 430 g/mol. The van der Waals surface area contributed by atoms with Gasteiger partial charge in [0.15, 0.2) is 10.7 Å². The van der Waals surface area contributed by atoms with Crippen molar-refractivity contribution in [2.75, 3.05) is 23.4 Å². The van der Waals surface area contributed by atoms with Crippen molar-refractivity contribution in [3.63, 3.8) is 0 Å². The number of anilines is 2. The van der Waals surface area contributed by atoms with Gasteiger partial charge in [0.25, 0.3) is 6.01 Å². The van der Waals surface area contributed by atoms with E-state index >= 15 is 0 Å². The number of hydrogen-bond acceptors (Lipinski definition) is 8. The summed E-state index contributed by atoms with van der Waals surface area (Å²) < 4.78 is 11.6. The zero-order valence-electron chi connectivity index (χ0n) is 18.9. The third-order valence-electron chi connectivity index (χ3n) is 5.27. The second-order valence-electron chi connectivity index (χ2n) is 8.65. The van der Waals surface area contributed by atoms with Crippen molar-refractivity contribution in [3.05, 3.63) is 28.8 Å². The molecule has 0 saturated carbocycles. The average molecular weight is 460 g/mol. The van der Waals surface area contributed by atoms with E-state index in [-0.39, 0.29) is 24.7 Å². The minimum absolute atomic E-state index is 0.0133. The van der Waals surface area contributed by atoms with E-state index in [1.807, 2.05) is 25.1 Å². The summed E-state index contributed by atoms with van der Waals surface area (Å²) in [5, 5.41) is 15.7. The lowest BCUT2D eigenvalue weighted by Crippen LogP contribution is -2.41. The Labute approximate surface area is 190 Å². The monoisotopic (exact) mass is 459 g/mol. The zero-order chi connectivity index (χ0) is 23.0. The molecule has 0 spiro atoms. The van der Waals surface area contributed by atoms with Gasteiger partial charge in [-0.3, -0.25) is 5.32 Å². The van der Waals surface area contributed by atoms with E-state index in [1.165, 1.54) is 11.3 Å². The van der Waals surface area contributed by atoms with E-state index in [0.717, 1.165) is 21.8 Å². The predicted molar refractivity (Wildman–Crippen MR) is 125 cm³/mol. The second kappa shape index (κ2) is 8.59. The Morgan fingerprint density at radius 2 is 2.16 bits per heavy atom. The number of rotatable bonds is 6. The summed E-state index contributed by atoms with van der Waals surface area (Å²) in [6.45, 7) is 10.2. The molecule has 1 aromatic carbocycles. The maximum absolute atomic E-state index is 12.2. The number of nitrogens with one attached hydrogen (secondary N) is 2. The Morgan fingerprint density at radius 3 is 2.88 bits per heavy atom. The number of aliphatic hydroxyl groups is 1. The van der Waals surface area contributed by atoms with Crippen molar-refractivity contribution in [2.24, 2.45) is 0 Å². The molecule has 2 amide bonds. The Morgan fingerprint density at radius 1 is 1.38 bits per heavy atom. The van der Waals surface area contributed by atoms with Gasteiger partial charge in [0.1, 0.15) is 11.3 Å². The molecule has 0 unspecified atom stereocenters. The van der Waals surface area contributed by atoms with Crippen LogP contribution in [0.1, 0.15) is 51.2 Å². The molecule has 2 atom stereocenters. The van der Waals surface area contributed by atoms with Crippen LogP contribution in [0.3, 0.4) is 0 Å². The van der Waals surface area contributed by atoms with Crippen LogP contribution >= 0.6 is 11.3 Å². The number of ether oxygens (including phenoxy) is 1. The number of oxazole rings is 1. The van der Waals surface area contributed by atoms with E-state index in [9.17, 15) is 9.90 Å². The van der Waals surface area contributed by atoms with Crippen LogP contribution in [0.15, 0.2) is 22.6 Å². The fraction of sp³-hybridized carbons (Fsp3) is 0.500. The van der Waals surface area contributed by atoms with Crippen molar-refractivity contribution >= 4 is 39.6 Å². The Hall–Kier alpha value is -2.85. The number of benzene rings is 1. The van der Waals surface area contributed by atoms with Gasteiger partial charge in [0.05, 0.1) is 28.8 Å². The lowest BCUT2D eigenvalue weighted by Gasteiger charge is -2.36. The van der Waals surface area contributed by atoms with Crippen LogP contribution in [0.5, 0.6) is 5.75 Å². The Balaban J connectivity index is 1.54. The lowest BCUT2D eigenvalue weighted by atomic mass is 10.0. The summed E-state index contributed by atoms with van der Waals surface area (Å²) in [7, 11) is 0. The lowest BCUT2D eigenvalue weighted by molar-refractivity contribution is 0.0826. The molecule has 10 heteroatoms. The Kier molecular flexibility index (Phi) is 6.00. The third-order valence-corrected chi connectivity index (χ3v) is 6.45. The molecule has 172 valence electrons. The number of thiazole rings is 1. The molecule has 0 radical (unpaired) electrons. The highest BCUT2D eigenvalue weighted by Crippen LogP contribution is 2.41. The zero-order valence-corrected chi connectivity index (χ0v) is 19.7. The summed E-state index contributed by atoms with van der Waals surface area (Å²) in [6.07, 6.45) is 0.714. The van der Waals surface area contributed by atoms with E-state index in [1.54, 1.807) is 13.8 Å². The van der Waals surface area contributed by atoms with E-state index in [2.05, 4.69) is 34.4 Å². The van der Waals surface area contributed by atoms with Gasteiger partial charge in [-0.05, 0) is 46.8 Å². The molecule has 1 aliphatic heterocycles. The van der Waals surface area contributed by atoms with Crippen molar-refractivity contribution < 1.29 is 19.1 Å². The first-order chi connectivity index (χ1) is 15.1. The second-order valence-corrected chi connectivity index (χ2v) is 9.68. The van der Waals surface area contributed by atoms with Gasteiger partial charge in [0.2, 0.25) is 0 Å². The normalized spacial score (nSPS) is 18.5. The number of aromatic nitrogens is 2. The van der Waals surface area contributed by atoms with Crippen LogP contribution in [0, 0.1) is 0 Å². The van der Waals surface area contributed by atoms with Crippen LogP contribution in [0.4, 0.5) is 15.9 Å². The first-order valence-electron chi connectivity index (χ1n) is 10.7. The molecule has 4 rings (SSSR count). The molecule has 32 heavy (non-hydrogen) atoms. The van der Waals surface area contributed by atoms with Crippen LogP contribution < -0.4 is 20.3 Å². The molecule has 3 aromatic rings. The van der Waals surface area contributed by atoms with Gasteiger partial charge in [-0.1, -0.05) is 11.3 Å². The predicted octanol–water partition coefficient (Wildman–Crippen LogP) is 4.09. The molecule has 0 aliphatic carbocycles. The van der Waals surface area contributed by atoms with Gasteiger partial charge in [-0.2, -0.15) is 4.98 Å². The minimum atomic E-state index is -0.979. The van der Waals surface area contributed by atoms with Crippen molar-refractivity contribution in [1.82, 2.24) is 15.3 Å². The van der Waals surface area contributed by atoms with E-state index in [4.69, 9.17) is 14.1 Å². The highest BCUT2D eigenvalue weighted by Gasteiger charge is 2.35. The summed E-state index contributed by atoms with van der Waals surface area (Å²) in [5.74, 6) is 0.767. The standard InChI is InChI=1S/C22H29N5O4S/c1-6-30-14-7-8-17-15(10-14)25-21(31-17)27-12(2)9-16-18(13(27)3)32-20(24-16)26-19(28)23-11-22(4,5)29/h7-8,10,12-13,29H,6,9,11H2,1-5H3,(H2,23,24,26,28)/t12-,13+/m1/s1. The number of fused-ring (bicyclic) bond motifs is 2. The summed E-state index contributed by atoms with van der Waals surface area (Å²) >= 11 is 1.44. The SMILES string of the molecule is CCOc1ccc2oc(N3[C@H](C)Cc4nc(NC(=O)NCC(C)(C)O)sc4[C@@H]3C)nc2c1. The van der Waals surface area contributed by atoms with Gasteiger partial charge in [0, 0.05) is 25.1 Å². The maximum atomic E-state index is 12.2. The molecule has 3 heterocycles. The van der Waals surface area contributed by atoms with E-state index < -0.39 is 5.60 Å². The number of hydrogen-bond donors (Lipinski definition) is 3. The smallest absolute Gasteiger partial charge is 0.321 e. The van der Waals surface area contributed by atoms with E-state index in [0.29, 0.717) is 29.8 Å². The number of carbonyl (C=O) groups excluding carboxylic acids is 1. The highest BCUT2D eigenvalue weighted by atomic mass is 32.1. The largest absolute Gasteiger partial charge is 0.494 e. The molecule has 1 aliphatic rings. The van der Waals surface area contributed by atoms with Gasteiger partial charge in [-0.25, -0.2) is 9.78 Å². The first-order valence-corrected chi connectivity index (χ1v) is 11.5. The van der Waals surface area contributed by atoms with Crippen LogP contribution in [0.25, 0.3) is 11.1 Å². The molecular formula is C22H29N5O4S. The molecule has 0 bridgehead atoms. The van der Waals surface area contributed by atoms with Crippen LogP contribution in [0.2, 0.25) is 0 Å². The van der Waals surface area contributed by atoms with Crippen LogP contribution in [-0.4, -0.2) is 45.9 Å². The number of nitrogens with zero attached hydrogens (tertiary/aromatic N) is 3. The third kappa shape index (κ3) is 4.66. The molecule has 0 saturated heterocycles. The molecule has 0 fully saturated rings. The number of amides is 2. The first kappa shape index (κ1) is 22.3. The summed E-state index contributed by atoms with van der Waals surface area (Å²) in [4.78, 5) is 24.7. The highest BCUT2D eigenvalue weighted by molar-refractivity contribution is 7.16. The summed E-state index contributed by atoms with van der Waals surface area (Å²) in [5.41, 5.74) is 1.46. The number of urea groups is 1. The fourth-order valence-corrected chi connectivity index (χ4v) is 4.87. The van der Waals surface area contributed by atoms with Gasteiger partial charge < -0.3 is 24.5 Å². The molecule has 2 aromatic heterocycles. The quantitative estimate of drug-likeness (QED) is 0.509. The van der Waals surface area contributed by atoms with Gasteiger partial charge >= 0.3 is 6.03 Å². The maximum Gasteiger partial charge on any atom is 0.321 e. The van der Waals surface area contributed by atoms with Crippen LogP contribution in [-0.2, 0) is 6.42 Å². The average Bonchev–Trinajstić information content (AvgIpc) is 3.29. The Bertz CT molecular complexity index is 1120. The molecule has 3 N–H and O–H groups in total. The van der Waals surface area contributed by atoms with Crippen molar-refractivity contribution in [2.45, 2.75) is 58.7 Å². The van der Waals surface area contributed by atoms with Crippen molar-refractivity contribution in [1.29, 1.82) is 0 Å². The molecule has 9 nitrogen and oxygen atoms in total. The van der Waals surface area contributed by atoms with Gasteiger partial charge in [-0.15, -0.1) is 0 Å². The fourth-order valence-electron chi connectivity index (χ4n) is 3.83.